The maximum absolute atomic E-state index is 14.9. The number of hydrogen-bond donors (Lipinski definition) is 1. The number of fused-ring (bicyclic) bond motifs is 4. The molecule has 5 rings (SSSR count). The van der Waals surface area contributed by atoms with Gasteiger partial charge in [0.05, 0.1) is 16.6 Å². The molecule has 35 heavy (non-hydrogen) atoms. The monoisotopic (exact) mass is 502 g/mol. The number of rotatable bonds is 1. The Bertz CT molecular complexity index is 1300. The van der Waals surface area contributed by atoms with Crippen LogP contribution in [0.4, 0.5) is 9.18 Å². The molecule has 0 saturated carbocycles. The summed E-state index contributed by atoms with van der Waals surface area (Å²) in [6, 6.07) is 4.07. The fourth-order valence-electron chi connectivity index (χ4n) is 4.80. The summed E-state index contributed by atoms with van der Waals surface area (Å²) in [6.45, 7) is 7.95. The molecule has 3 heterocycles. The van der Waals surface area contributed by atoms with Gasteiger partial charge in [0, 0.05) is 55.9 Å². The highest BCUT2D eigenvalue weighted by Gasteiger charge is 2.37. The standard InChI is InChI=1S/C25H28ClFN4O4/c1-25(2,3)35-24(33)31-9-8-30-12-16-22-15(11-29(4)28-22)19(20-17(27)6-5-7-18(20)32)21(26)23(16)34-13-14(30)10-31/h5-7,11,14,32H,8-10,12-13H2,1-4H3/t14-/m1/s1. The Hall–Kier alpha value is -3.04. The van der Waals surface area contributed by atoms with Gasteiger partial charge in [0.1, 0.15) is 35.0 Å². The second-order valence-electron chi connectivity index (χ2n) is 10.1. The Labute approximate surface area is 207 Å². The summed E-state index contributed by atoms with van der Waals surface area (Å²) in [6.07, 6.45) is 1.42. The normalized spacial score (nSPS) is 18.6. The van der Waals surface area contributed by atoms with Crippen molar-refractivity contribution >= 4 is 28.6 Å². The van der Waals surface area contributed by atoms with Gasteiger partial charge < -0.3 is 19.5 Å². The van der Waals surface area contributed by atoms with Gasteiger partial charge in [0.25, 0.3) is 0 Å². The number of phenols is 1. The van der Waals surface area contributed by atoms with E-state index in [0.717, 1.165) is 5.56 Å². The number of benzene rings is 2. The molecule has 10 heteroatoms. The molecule has 0 unspecified atom stereocenters. The molecule has 0 aliphatic carbocycles. The first-order valence-electron chi connectivity index (χ1n) is 11.5. The lowest BCUT2D eigenvalue weighted by Gasteiger charge is -2.40. The van der Waals surface area contributed by atoms with Gasteiger partial charge in [-0.1, -0.05) is 17.7 Å². The number of aromatic hydroxyl groups is 1. The van der Waals surface area contributed by atoms with Crippen molar-refractivity contribution in [3.63, 3.8) is 0 Å². The Balaban J connectivity index is 1.55. The summed E-state index contributed by atoms with van der Waals surface area (Å²) < 4.78 is 28.3. The number of carbonyl (C=O) groups is 1. The van der Waals surface area contributed by atoms with Crippen LogP contribution in [0, 0.1) is 5.82 Å². The summed E-state index contributed by atoms with van der Waals surface area (Å²) in [4.78, 5) is 16.6. The van der Waals surface area contributed by atoms with Gasteiger partial charge in [-0.25, -0.2) is 9.18 Å². The Morgan fingerprint density at radius 2 is 2.06 bits per heavy atom. The summed E-state index contributed by atoms with van der Waals surface area (Å²) in [5, 5.41) is 16.0. The minimum Gasteiger partial charge on any atom is -0.507 e. The molecule has 0 bridgehead atoms. The molecule has 2 aliphatic heterocycles. The number of piperazine rings is 1. The zero-order valence-corrected chi connectivity index (χ0v) is 20.9. The zero-order chi connectivity index (χ0) is 25.1. The lowest BCUT2D eigenvalue weighted by atomic mass is 9.96. The average Bonchev–Trinajstić information content (AvgIpc) is 3.04. The number of aromatic nitrogens is 2. The maximum atomic E-state index is 14.9. The first-order chi connectivity index (χ1) is 16.5. The van der Waals surface area contributed by atoms with Crippen molar-refractivity contribution in [2.45, 2.75) is 39.0 Å². The van der Waals surface area contributed by atoms with Crippen LogP contribution in [0.1, 0.15) is 26.3 Å². The molecule has 2 aromatic carbocycles. The van der Waals surface area contributed by atoms with Crippen LogP contribution >= 0.6 is 11.6 Å². The van der Waals surface area contributed by atoms with Crippen LogP contribution in [0.2, 0.25) is 5.02 Å². The van der Waals surface area contributed by atoms with Crippen LogP contribution in [-0.4, -0.2) is 68.7 Å². The van der Waals surface area contributed by atoms with E-state index in [1.54, 1.807) is 22.8 Å². The van der Waals surface area contributed by atoms with E-state index in [-0.39, 0.29) is 35.1 Å². The van der Waals surface area contributed by atoms with Crippen molar-refractivity contribution < 1.29 is 23.8 Å². The smallest absolute Gasteiger partial charge is 0.410 e. The number of carbonyl (C=O) groups excluding carboxylic acids is 1. The first kappa shape index (κ1) is 23.7. The molecule has 3 aromatic rings. The van der Waals surface area contributed by atoms with Crippen molar-refractivity contribution in [3.8, 4) is 22.6 Å². The molecule has 0 radical (unpaired) electrons. The van der Waals surface area contributed by atoms with Crippen molar-refractivity contribution in [1.82, 2.24) is 19.6 Å². The molecule has 186 valence electrons. The van der Waals surface area contributed by atoms with Crippen molar-refractivity contribution in [2.75, 3.05) is 26.2 Å². The van der Waals surface area contributed by atoms with Crippen molar-refractivity contribution in [2.24, 2.45) is 7.05 Å². The summed E-state index contributed by atoms with van der Waals surface area (Å²) in [5.41, 5.74) is 1.23. The minimum atomic E-state index is -0.587. The maximum Gasteiger partial charge on any atom is 0.410 e. The zero-order valence-electron chi connectivity index (χ0n) is 20.1. The van der Waals surface area contributed by atoms with E-state index in [9.17, 15) is 14.3 Å². The molecule has 1 N–H and O–H groups in total. The molecular formula is C25H28ClFN4O4. The van der Waals surface area contributed by atoms with Gasteiger partial charge in [-0.3, -0.25) is 9.58 Å². The predicted molar refractivity (Wildman–Crippen MR) is 130 cm³/mol. The number of phenolic OH excluding ortho intramolecular Hbond substituents is 1. The third kappa shape index (κ3) is 4.27. The Morgan fingerprint density at radius 1 is 1.29 bits per heavy atom. The topological polar surface area (TPSA) is 80.1 Å². The van der Waals surface area contributed by atoms with E-state index in [1.807, 2.05) is 20.8 Å². The number of nitrogens with zero attached hydrogens (tertiary/aromatic N) is 4. The predicted octanol–water partition coefficient (Wildman–Crippen LogP) is 4.55. The van der Waals surface area contributed by atoms with Crippen molar-refractivity contribution in [3.05, 3.63) is 40.8 Å². The van der Waals surface area contributed by atoms with Crippen LogP contribution in [0.25, 0.3) is 22.0 Å². The first-order valence-corrected chi connectivity index (χ1v) is 11.9. The quantitative estimate of drug-likeness (QED) is 0.526. The largest absolute Gasteiger partial charge is 0.507 e. The average molecular weight is 503 g/mol. The third-order valence-electron chi connectivity index (χ3n) is 6.36. The highest BCUT2D eigenvalue weighted by atomic mass is 35.5. The summed E-state index contributed by atoms with van der Waals surface area (Å²) >= 11 is 6.87. The second-order valence-corrected chi connectivity index (χ2v) is 10.4. The molecule has 1 fully saturated rings. The molecule has 8 nitrogen and oxygen atoms in total. The van der Waals surface area contributed by atoms with Crippen LogP contribution in [0.3, 0.4) is 0 Å². The van der Waals surface area contributed by atoms with E-state index < -0.39 is 11.4 Å². The fraction of sp³-hybridized carbons (Fsp3) is 0.440. The number of aryl methyl sites for hydroxylation is 1. The van der Waals surface area contributed by atoms with Crippen LogP contribution in [0.15, 0.2) is 24.4 Å². The minimum absolute atomic E-state index is 0.0139. The third-order valence-corrected chi connectivity index (χ3v) is 6.72. The number of ether oxygens (including phenoxy) is 2. The molecule has 1 aromatic heterocycles. The summed E-state index contributed by atoms with van der Waals surface area (Å²) in [5.74, 6) is -0.374. The van der Waals surface area contributed by atoms with E-state index in [2.05, 4.69) is 10.00 Å². The van der Waals surface area contributed by atoms with E-state index in [4.69, 9.17) is 21.1 Å². The van der Waals surface area contributed by atoms with Gasteiger partial charge in [-0.15, -0.1) is 0 Å². The fourth-order valence-corrected chi connectivity index (χ4v) is 5.17. The van der Waals surface area contributed by atoms with Crippen LogP contribution in [-0.2, 0) is 18.3 Å². The highest BCUT2D eigenvalue weighted by Crippen LogP contribution is 2.48. The van der Waals surface area contributed by atoms with E-state index in [1.165, 1.54) is 18.2 Å². The van der Waals surface area contributed by atoms with E-state index in [0.29, 0.717) is 48.4 Å². The van der Waals surface area contributed by atoms with Crippen LogP contribution in [0.5, 0.6) is 11.5 Å². The number of amides is 1. The number of hydrogen-bond acceptors (Lipinski definition) is 6. The van der Waals surface area contributed by atoms with Gasteiger partial charge in [0.2, 0.25) is 0 Å². The molecule has 0 spiro atoms. The lowest BCUT2D eigenvalue weighted by molar-refractivity contribution is -0.00151. The van der Waals surface area contributed by atoms with Crippen molar-refractivity contribution in [1.29, 1.82) is 0 Å². The Kier molecular flexibility index (Phi) is 5.80. The molecular weight excluding hydrogens is 475 g/mol. The van der Waals surface area contributed by atoms with Gasteiger partial charge in [0.15, 0.2) is 0 Å². The molecule has 1 atom stereocenters. The molecule has 1 amide bonds. The second kappa shape index (κ2) is 8.57. The molecule has 1 saturated heterocycles. The Morgan fingerprint density at radius 3 is 2.77 bits per heavy atom. The van der Waals surface area contributed by atoms with Gasteiger partial charge >= 0.3 is 6.09 Å². The van der Waals surface area contributed by atoms with Crippen LogP contribution < -0.4 is 4.74 Å². The highest BCUT2D eigenvalue weighted by molar-refractivity contribution is 6.37. The SMILES string of the molecule is Cn1cc2c(-c3c(O)cccc3F)c(Cl)c3c(c2n1)CN1CCN(C(=O)OC(C)(C)C)C[C@@H]1CO3. The van der Waals surface area contributed by atoms with E-state index >= 15 is 0 Å². The lowest BCUT2D eigenvalue weighted by Crippen LogP contribution is -2.56. The van der Waals surface area contributed by atoms with Gasteiger partial charge in [-0.2, -0.15) is 5.10 Å². The summed E-state index contributed by atoms with van der Waals surface area (Å²) in [7, 11) is 1.78. The molecule has 2 aliphatic rings. The van der Waals surface area contributed by atoms with Gasteiger partial charge in [-0.05, 0) is 32.9 Å². The number of halogens is 2.